The maximum absolute atomic E-state index is 12.9. The topological polar surface area (TPSA) is 62.5 Å². The van der Waals surface area contributed by atoms with Crippen LogP contribution in [-0.4, -0.2) is 48.0 Å². The Morgan fingerprint density at radius 2 is 1.92 bits per heavy atom. The van der Waals surface area contributed by atoms with E-state index in [9.17, 15) is 18.0 Å². The van der Waals surface area contributed by atoms with Crippen LogP contribution in [0, 0.1) is 5.92 Å². The molecule has 8 heteroatoms. The minimum absolute atomic E-state index is 0.0424. The number of aromatic nitrogens is 1. The molecule has 0 saturated carbocycles. The van der Waals surface area contributed by atoms with Crippen LogP contribution < -0.4 is 10.6 Å². The van der Waals surface area contributed by atoms with Crippen molar-refractivity contribution in [2.45, 2.75) is 45.3 Å². The molecule has 1 aliphatic rings. The van der Waals surface area contributed by atoms with Gasteiger partial charge in [0.15, 0.2) is 0 Å². The molecule has 0 radical (unpaired) electrons. The van der Waals surface area contributed by atoms with Gasteiger partial charge < -0.3 is 15.5 Å². The number of carbonyl (C=O) groups excluding carboxylic acids is 1. The summed E-state index contributed by atoms with van der Waals surface area (Å²) >= 11 is 0. The lowest BCUT2D eigenvalue weighted by molar-refractivity contribution is -0.137. The molecule has 1 amide bonds. The number of hydrogen-bond acceptors (Lipinski definition) is 4. The fourth-order valence-electron chi connectivity index (χ4n) is 3.15. The highest BCUT2D eigenvalue weighted by atomic mass is 19.4. The van der Waals surface area contributed by atoms with Gasteiger partial charge in [-0.2, -0.15) is 13.2 Å². The minimum atomic E-state index is -4.38. The first-order valence-corrected chi connectivity index (χ1v) is 9.05. The van der Waals surface area contributed by atoms with E-state index in [0.717, 1.165) is 31.4 Å². The van der Waals surface area contributed by atoms with Crippen LogP contribution in [0.3, 0.4) is 0 Å². The molecule has 146 valence electrons. The number of amides is 1. The highest BCUT2D eigenvalue weighted by molar-refractivity contribution is 5.79. The highest BCUT2D eigenvalue weighted by Gasteiger charge is 2.32. The van der Waals surface area contributed by atoms with Gasteiger partial charge in [-0.25, -0.2) is 4.98 Å². The number of halogens is 3. The fraction of sp³-hybridized carbons (Fsp3) is 0.667. The van der Waals surface area contributed by atoms with Crippen molar-refractivity contribution in [3.63, 3.8) is 0 Å². The monoisotopic (exact) mass is 372 g/mol. The second-order valence-electron chi connectivity index (χ2n) is 6.87. The molecule has 1 fully saturated rings. The van der Waals surface area contributed by atoms with Crippen LogP contribution in [0.25, 0.3) is 0 Å². The average molecular weight is 372 g/mol. The lowest BCUT2D eigenvalue weighted by Gasteiger charge is -2.37. The minimum Gasteiger partial charge on any atom is -0.353 e. The third-order valence-corrected chi connectivity index (χ3v) is 4.80. The van der Waals surface area contributed by atoms with Crippen molar-refractivity contribution in [2.24, 2.45) is 11.7 Å². The molecule has 1 saturated heterocycles. The predicted molar refractivity (Wildman–Crippen MR) is 94.7 cm³/mol. The van der Waals surface area contributed by atoms with Crippen LogP contribution in [0.4, 0.5) is 19.0 Å². The molecule has 2 heterocycles. The summed E-state index contributed by atoms with van der Waals surface area (Å²) in [5.74, 6) is 0.375. The summed E-state index contributed by atoms with van der Waals surface area (Å²) in [7, 11) is 0. The normalized spacial score (nSPS) is 17.9. The number of anilines is 1. The molecular formula is C18H27F3N4O. The Bertz CT molecular complexity index is 598. The lowest BCUT2D eigenvalue weighted by Crippen LogP contribution is -2.50. The summed E-state index contributed by atoms with van der Waals surface area (Å²) in [5, 5.41) is 0. The van der Waals surface area contributed by atoms with Crippen LogP contribution in [-0.2, 0) is 11.0 Å². The average Bonchev–Trinajstić information content (AvgIpc) is 2.61. The lowest BCUT2D eigenvalue weighted by atomic mass is 9.96. The van der Waals surface area contributed by atoms with Crippen molar-refractivity contribution in [1.82, 2.24) is 9.88 Å². The van der Waals surface area contributed by atoms with Crippen LogP contribution in [0.5, 0.6) is 0 Å². The molecule has 0 aromatic carbocycles. The third-order valence-electron chi connectivity index (χ3n) is 4.80. The number of carbonyl (C=O) groups is 1. The number of alkyl halides is 3. The Hall–Kier alpha value is -1.83. The molecular weight excluding hydrogens is 345 g/mol. The van der Waals surface area contributed by atoms with Gasteiger partial charge in [-0.3, -0.25) is 4.79 Å². The van der Waals surface area contributed by atoms with E-state index in [-0.39, 0.29) is 17.9 Å². The molecule has 5 nitrogen and oxygen atoms in total. The first-order chi connectivity index (χ1) is 12.2. The number of piperazine rings is 1. The SMILES string of the molecule is CCC(CCC(C)N)C(=O)N1CCN(c2cc(C(F)(F)F)ccn2)CC1. The third kappa shape index (κ3) is 5.33. The number of nitrogens with zero attached hydrogens (tertiary/aromatic N) is 3. The zero-order valence-electron chi connectivity index (χ0n) is 15.3. The van der Waals surface area contributed by atoms with Crippen molar-refractivity contribution in [3.05, 3.63) is 23.9 Å². The van der Waals surface area contributed by atoms with E-state index in [1.54, 1.807) is 9.80 Å². The Balaban J connectivity index is 1.95. The van der Waals surface area contributed by atoms with Crippen molar-refractivity contribution in [1.29, 1.82) is 0 Å². The molecule has 0 aliphatic carbocycles. The van der Waals surface area contributed by atoms with Gasteiger partial charge in [-0.05, 0) is 38.3 Å². The first kappa shape index (κ1) is 20.5. The maximum atomic E-state index is 12.9. The van der Waals surface area contributed by atoms with Gasteiger partial charge in [-0.1, -0.05) is 6.92 Å². The summed E-state index contributed by atoms with van der Waals surface area (Å²) in [4.78, 5) is 20.3. The molecule has 2 atom stereocenters. The van der Waals surface area contributed by atoms with Gasteiger partial charge in [-0.15, -0.1) is 0 Å². The summed E-state index contributed by atoms with van der Waals surface area (Å²) in [5.41, 5.74) is 5.08. The zero-order valence-corrected chi connectivity index (χ0v) is 15.3. The van der Waals surface area contributed by atoms with Gasteiger partial charge >= 0.3 is 6.18 Å². The molecule has 1 aromatic heterocycles. The van der Waals surface area contributed by atoms with Crippen molar-refractivity contribution in [3.8, 4) is 0 Å². The van der Waals surface area contributed by atoms with E-state index < -0.39 is 11.7 Å². The molecule has 2 rings (SSSR count). The summed E-state index contributed by atoms with van der Waals surface area (Å²) in [6, 6.07) is 2.10. The van der Waals surface area contributed by atoms with E-state index in [1.165, 1.54) is 6.20 Å². The number of pyridine rings is 1. The van der Waals surface area contributed by atoms with Crippen molar-refractivity contribution >= 4 is 11.7 Å². The van der Waals surface area contributed by atoms with Gasteiger partial charge in [0, 0.05) is 44.3 Å². The van der Waals surface area contributed by atoms with Crippen LogP contribution in [0.15, 0.2) is 18.3 Å². The van der Waals surface area contributed by atoms with Crippen molar-refractivity contribution < 1.29 is 18.0 Å². The van der Waals surface area contributed by atoms with Gasteiger partial charge in [0.05, 0.1) is 5.56 Å². The van der Waals surface area contributed by atoms with E-state index in [0.29, 0.717) is 32.0 Å². The smallest absolute Gasteiger partial charge is 0.353 e. The number of hydrogen-bond donors (Lipinski definition) is 1. The summed E-state index contributed by atoms with van der Waals surface area (Å²) < 4.78 is 38.6. The second kappa shape index (κ2) is 8.70. The first-order valence-electron chi connectivity index (χ1n) is 9.05. The van der Waals surface area contributed by atoms with Crippen molar-refractivity contribution in [2.75, 3.05) is 31.1 Å². The van der Waals surface area contributed by atoms with Crippen LogP contribution >= 0.6 is 0 Å². The Morgan fingerprint density at radius 1 is 1.27 bits per heavy atom. The van der Waals surface area contributed by atoms with E-state index in [4.69, 9.17) is 5.73 Å². The van der Waals surface area contributed by atoms with Gasteiger partial charge in [0.1, 0.15) is 5.82 Å². The predicted octanol–water partition coefficient (Wildman–Crippen LogP) is 2.90. The Morgan fingerprint density at radius 3 is 2.46 bits per heavy atom. The molecule has 2 N–H and O–H groups in total. The standard InChI is InChI=1S/C18H27F3N4O/c1-3-14(5-4-13(2)22)17(26)25-10-8-24(9-11-25)16-12-15(6-7-23-16)18(19,20)21/h6-7,12-14H,3-5,8-11,22H2,1-2H3. The largest absolute Gasteiger partial charge is 0.416 e. The Kier molecular flexibility index (Phi) is 6.86. The van der Waals surface area contributed by atoms with E-state index in [1.807, 2.05) is 13.8 Å². The molecule has 1 aromatic rings. The van der Waals surface area contributed by atoms with Crippen LogP contribution in [0.2, 0.25) is 0 Å². The second-order valence-corrected chi connectivity index (χ2v) is 6.87. The van der Waals surface area contributed by atoms with E-state index >= 15 is 0 Å². The quantitative estimate of drug-likeness (QED) is 0.834. The molecule has 26 heavy (non-hydrogen) atoms. The van der Waals surface area contributed by atoms with Crippen LogP contribution in [0.1, 0.15) is 38.7 Å². The molecule has 2 unspecified atom stereocenters. The Labute approximate surface area is 152 Å². The summed E-state index contributed by atoms with van der Waals surface area (Å²) in [6.07, 6.45) is -0.873. The molecule has 0 spiro atoms. The molecule has 1 aliphatic heterocycles. The van der Waals surface area contributed by atoms with Gasteiger partial charge in [0.2, 0.25) is 5.91 Å². The zero-order chi connectivity index (χ0) is 19.3. The maximum Gasteiger partial charge on any atom is 0.416 e. The number of rotatable bonds is 6. The molecule has 0 bridgehead atoms. The fourth-order valence-corrected chi connectivity index (χ4v) is 3.15. The number of nitrogens with two attached hydrogens (primary N) is 1. The van der Waals surface area contributed by atoms with Gasteiger partial charge in [0.25, 0.3) is 0 Å². The highest BCUT2D eigenvalue weighted by Crippen LogP contribution is 2.31. The van der Waals surface area contributed by atoms with E-state index in [2.05, 4.69) is 4.98 Å². The summed E-state index contributed by atoms with van der Waals surface area (Å²) in [6.45, 7) is 5.86.